The van der Waals surface area contributed by atoms with Crippen molar-refractivity contribution < 1.29 is 9.28 Å². The lowest BCUT2D eigenvalue weighted by Gasteiger charge is -2.22. The van der Waals surface area contributed by atoms with E-state index in [4.69, 9.17) is 0 Å². The molecule has 2 fully saturated rings. The molecule has 0 saturated carbocycles. The van der Waals surface area contributed by atoms with Gasteiger partial charge in [0.25, 0.3) is 0 Å². The molecule has 0 aromatic heterocycles. The summed E-state index contributed by atoms with van der Waals surface area (Å²) >= 11 is 0. The van der Waals surface area contributed by atoms with E-state index in [1.54, 1.807) is 0 Å². The molecule has 0 aromatic rings. The van der Waals surface area contributed by atoms with Crippen LogP contribution in [0.2, 0.25) is 0 Å². The molecule has 0 N–H and O–H groups in total. The summed E-state index contributed by atoms with van der Waals surface area (Å²) in [6, 6.07) is 0.144. The quantitative estimate of drug-likeness (QED) is 0.540. The largest absolute Gasteiger partial charge is 0.338 e. The summed E-state index contributed by atoms with van der Waals surface area (Å²) in [4.78, 5) is 13.1. The molecule has 0 spiro atoms. The van der Waals surface area contributed by atoms with Gasteiger partial charge in [-0.05, 0) is 12.8 Å². The predicted octanol–water partition coefficient (Wildman–Crippen LogP) is 0.568. The van der Waals surface area contributed by atoms with E-state index in [2.05, 4.69) is 0 Å². The fourth-order valence-corrected chi connectivity index (χ4v) is 2.01. The second-order valence-corrected chi connectivity index (χ2v) is 3.50. The normalized spacial score (nSPS) is 31.9. The third-order valence-electron chi connectivity index (χ3n) is 2.66. The molecule has 4 heteroatoms. The monoisotopic (exact) mass is 172 g/mol. The number of halogens is 1. The highest BCUT2D eigenvalue weighted by Crippen LogP contribution is 2.21. The summed E-state index contributed by atoms with van der Waals surface area (Å²) < 4.78 is 12.6. The topological polar surface area (TPSA) is 23.6 Å². The number of hydrogen-bond donors (Lipinski definition) is 0. The zero-order valence-electron chi connectivity index (χ0n) is 7.00. The fourth-order valence-electron chi connectivity index (χ4n) is 2.01. The smallest absolute Gasteiger partial charge is 0.222 e. The van der Waals surface area contributed by atoms with Crippen molar-refractivity contribution in [1.82, 2.24) is 10.0 Å². The number of amides is 1. The summed E-state index contributed by atoms with van der Waals surface area (Å²) in [5.74, 6) is 0.204. The van der Waals surface area contributed by atoms with Crippen molar-refractivity contribution in [2.24, 2.45) is 0 Å². The van der Waals surface area contributed by atoms with Gasteiger partial charge in [0.05, 0.1) is 0 Å². The Labute approximate surface area is 71.1 Å². The number of nitrogens with zero attached hydrogens (tertiary/aromatic N) is 2. The molecule has 1 amide bonds. The minimum absolute atomic E-state index is 0.144. The second-order valence-electron chi connectivity index (χ2n) is 3.50. The van der Waals surface area contributed by atoms with E-state index < -0.39 is 0 Å². The van der Waals surface area contributed by atoms with Crippen molar-refractivity contribution in [3.63, 3.8) is 0 Å². The summed E-state index contributed by atoms with van der Waals surface area (Å²) in [5.41, 5.74) is 0. The first-order valence-electron chi connectivity index (χ1n) is 4.47. The van der Waals surface area contributed by atoms with Crippen LogP contribution in [0, 0.1) is 0 Å². The van der Waals surface area contributed by atoms with Gasteiger partial charge in [0.15, 0.2) is 0 Å². The van der Waals surface area contributed by atoms with Gasteiger partial charge in [0, 0.05) is 32.1 Å². The standard InChI is InChI=1S/C8H13FN2O/c9-10-5-3-7(6-10)11-4-1-2-8(11)12/h7H,1-6H2. The van der Waals surface area contributed by atoms with Gasteiger partial charge in [-0.1, -0.05) is 0 Å². The Morgan fingerprint density at radius 2 is 2.25 bits per heavy atom. The molecule has 1 atom stereocenters. The summed E-state index contributed by atoms with van der Waals surface area (Å²) in [7, 11) is 0. The lowest BCUT2D eigenvalue weighted by molar-refractivity contribution is -0.129. The molecule has 2 aliphatic heterocycles. The Morgan fingerprint density at radius 1 is 1.42 bits per heavy atom. The molecule has 2 rings (SSSR count). The van der Waals surface area contributed by atoms with Gasteiger partial charge in [-0.2, -0.15) is 0 Å². The average molecular weight is 172 g/mol. The number of rotatable bonds is 1. The van der Waals surface area contributed by atoms with Gasteiger partial charge < -0.3 is 4.90 Å². The maximum Gasteiger partial charge on any atom is 0.222 e. The summed E-state index contributed by atoms with van der Waals surface area (Å²) in [5, 5.41) is 0.802. The average Bonchev–Trinajstić information content (AvgIpc) is 2.58. The van der Waals surface area contributed by atoms with Crippen LogP contribution in [0.5, 0.6) is 0 Å². The van der Waals surface area contributed by atoms with Gasteiger partial charge in [0.2, 0.25) is 5.91 Å². The van der Waals surface area contributed by atoms with Crippen LogP contribution in [0.1, 0.15) is 19.3 Å². The molecule has 0 bridgehead atoms. The Balaban J connectivity index is 1.96. The van der Waals surface area contributed by atoms with E-state index in [0.717, 1.165) is 24.5 Å². The predicted molar refractivity (Wildman–Crippen MR) is 42.0 cm³/mol. The van der Waals surface area contributed by atoms with Crippen LogP contribution in [0.4, 0.5) is 4.48 Å². The van der Waals surface area contributed by atoms with Crippen molar-refractivity contribution in [1.29, 1.82) is 0 Å². The molecule has 3 nitrogen and oxygen atoms in total. The zero-order valence-corrected chi connectivity index (χ0v) is 7.00. The number of likely N-dealkylation sites (tertiary alicyclic amines) is 1. The maximum atomic E-state index is 12.6. The molecule has 0 radical (unpaired) electrons. The number of carbonyl (C=O) groups is 1. The Hall–Kier alpha value is -0.640. The third-order valence-corrected chi connectivity index (χ3v) is 2.66. The van der Waals surface area contributed by atoms with E-state index >= 15 is 0 Å². The van der Waals surface area contributed by atoms with Gasteiger partial charge in [-0.3, -0.25) is 4.79 Å². The highest BCUT2D eigenvalue weighted by Gasteiger charge is 2.32. The third kappa shape index (κ3) is 1.31. The molecule has 2 saturated heterocycles. The molecule has 2 aliphatic rings. The maximum absolute atomic E-state index is 12.6. The fraction of sp³-hybridized carbons (Fsp3) is 0.875. The first-order chi connectivity index (χ1) is 5.77. The van der Waals surface area contributed by atoms with Crippen molar-refractivity contribution in [3.05, 3.63) is 0 Å². The van der Waals surface area contributed by atoms with Gasteiger partial charge in [-0.15, -0.1) is 9.60 Å². The lowest BCUT2D eigenvalue weighted by atomic mass is 10.2. The highest BCUT2D eigenvalue weighted by atomic mass is 19.2. The molecule has 68 valence electrons. The van der Waals surface area contributed by atoms with E-state index in [9.17, 15) is 9.28 Å². The molecule has 12 heavy (non-hydrogen) atoms. The van der Waals surface area contributed by atoms with E-state index in [1.807, 2.05) is 4.90 Å². The van der Waals surface area contributed by atoms with Crippen LogP contribution >= 0.6 is 0 Å². The van der Waals surface area contributed by atoms with E-state index in [-0.39, 0.29) is 11.9 Å². The second kappa shape index (κ2) is 3.01. The van der Waals surface area contributed by atoms with Crippen molar-refractivity contribution in [3.8, 4) is 0 Å². The van der Waals surface area contributed by atoms with Crippen molar-refractivity contribution in [2.75, 3.05) is 19.6 Å². The van der Waals surface area contributed by atoms with Crippen molar-refractivity contribution >= 4 is 5.91 Å². The van der Waals surface area contributed by atoms with Crippen LogP contribution in [-0.4, -0.2) is 41.6 Å². The Kier molecular flexibility index (Phi) is 2.00. The zero-order chi connectivity index (χ0) is 8.55. The van der Waals surface area contributed by atoms with Crippen LogP contribution in [0.3, 0.4) is 0 Å². The molecule has 0 aliphatic carbocycles. The van der Waals surface area contributed by atoms with Gasteiger partial charge in [-0.25, -0.2) is 0 Å². The molecule has 2 heterocycles. The van der Waals surface area contributed by atoms with Gasteiger partial charge in [0.1, 0.15) is 0 Å². The van der Waals surface area contributed by atoms with Crippen LogP contribution in [0.25, 0.3) is 0 Å². The van der Waals surface area contributed by atoms with Crippen LogP contribution in [0.15, 0.2) is 0 Å². The summed E-state index contributed by atoms with van der Waals surface area (Å²) in [6.07, 6.45) is 2.40. The number of carbonyl (C=O) groups excluding carboxylic acids is 1. The van der Waals surface area contributed by atoms with Crippen LogP contribution in [-0.2, 0) is 4.79 Å². The molecule has 0 aromatic carbocycles. The van der Waals surface area contributed by atoms with Crippen molar-refractivity contribution in [2.45, 2.75) is 25.3 Å². The minimum atomic E-state index is 0.144. The molecular formula is C8H13FN2O. The van der Waals surface area contributed by atoms with Crippen LogP contribution < -0.4 is 0 Å². The Morgan fingerprint density at radius 3 is 2.75 bits per heavy atom. The Bertz CT molecular complexity index is 197. The lowest BCUT2D eigenvalue weighted by Crippen LogP contribution is -2.37. The summed E-state index contributed by atoms with van der Waals surface area (Å²) in [6.45, 7) is 1.72. The first-order valence-corrected chi connectivity index (χ1v) is 4.47. The SMILES string of the molecule is O=C1CCCN1C1CCN(F)C1. The van der Waals surface area contributed by atoms with Gasteiger partial charge >= 0.3 is 0 Å². The highest BCUT2D eigenvalue weighted by molar-refractivity contribution is 5.78. The number of hydrogen-bond acceptors (Lipinski definition) is 2. The first kappa shape index (κ1) is 7.98. The van der Waals surface area contributed by atoms with E-state index in [1.165, 1.54) is 0 Å². The molecule has 1 unspecified atom stereocenters. The minimum Gasteiger partial charge on any atom is -0.338 e. The molecular weight excluding hydrogens is 159 g/mol. The van der Waals surface area contributed by atoms with E-state index in [0.29, 0.717) is 19.5 Å².